The fourth-order valence-corrected chi connectivity index (χ4v) is 2.43. The fourth-order valence-electron chi connectivity index (χ4n) is 2.43. The molecule has 0 saturated carbocycles. The van der Waals surface area contributed by atoms with Gasteiger partial charge in [-0.15, -0.1) is 0 Å². The monoisotopic (exact) mass is 371 g/mol. The highest BCUT2D eigenvalue weighted by Gasteiger charge is 2.51. The number of primary amides is 1. The molecule has 1 fully saturated rings. The van der Waals surface area contributed by atoms with Gasteiger partial charge in [-0.2, -0.15) is 0 Å². The molecule has 1 rings (SSSR count). The molecular weight excluding hydrogens is 352 g/mol. The van der Waals surface area contributed by atoms with Crippen LogP contribution in [0.3, 0.4) is 0 Å². The van der Waals surface area contributed by atoms with E-state index >= 15 is 0 Å². The Morgan fingerprint density at radius 1 is 1.06 bits per heavy atom. The lowest BCUT2D eigenvalue weighted by Gasteiger charge is -2.25. The molecule has 3 N–H and O–H groups in total. The second-order valence-corrected chi connectivity index (χ2v) is 5.31. The summed E-state index contributed by atoms with van der Waals surface area (Å²) in [4.78, 5) is 23.1. The number of hydrogen-bond acceptors (Lipinski definition) is 2. The zero-order valence-corrected chi connectivity index (χ0v) is 13.9. The van der Waals surface area contributed by atoms with Crippen LogP contribution >= 0.6 is 0 Å². The van der Waals surface area contributed by atoms with Crippen molar-refractivity contribution in [3.63, 3.8) is 0 Å². The number of nitrogens with two attached hydrogens (primary N) is 1. The van der Waals surface area contributed by atoms with Crippen molar-refractivity contribution < 1.29 is 48.9 Å². The van der Waals surface area contributed by atoms with Gasteiger partial charge < -0.3 is 34.0 Å². The molecule has 1 saturated heterocycles. The number of hydrogen-bond donors (Lipinski definition) is 2. The first-order valence-electron chi connectivity index (χ1n) is 5.57. The first kappa shape index (κ1) is 19.4. The summed E-state index contributed by atoms with van der Waals surface area (Å²) in [7, 11) is 0. The minimum Gasteiger partial charge on any atom is -1.00 e. The Labute approximate surface area is 124 Å². The van der Waals surface area contributed by atoms with E-state index in [0.717, 1.165) is 12.8 Å². The van der Waals surface area contributed by atoms with Gasteiger partial charge in [-0.3, -0.25) is 4.79 Å². The highest BCUT2D eigenvalue weighted by molar-refractivity contribution is 6.00. The maximum Gasteiger partial charge on any atom is 0.420 e. The third-order valence-electron chi connectivity index (χ3n) is 2.64. The van der Waals surface area contributed by atoms with Crippen molar-refractivity contribution in [3.8, 4) is 0 Å². The van der Waals surface area contributed by atoms with Crippen molar-refractivity contribution in [2.24, 2.45) is 11.8 Å². The van der Waals surface area contributed by atoms with Crippen molar-refractivity contribution in [3.05, 3.63) is 0 Å². The number of rotatable bonds is 4. The van der Waals surface area contributed by atoms with Crippen LogP contribution in [-0.4, -0.2) is 17.5 Å². The normalized spacial score (nSPS) is 17.8. The van der Waals surface area contributed by atoms with Gasteiger partial charge >= 0.3 is 6.03 Å². The van der Waals surface area contributed by atoms with Gasteiger partial charge in [-0.25, -0.2) is 15.4 Å². The second kappa shape index (κ2) is 7.48. The van der Waals surface area contributed by atoms with Crippen LogP contribution in [0.1, 0.15) is 40.5 Å². The highest BCUT2D eigenvalue weighted by Crippen LogP contribution is 2.23. The molecule has 0 aromatic heterocycles. The lowest BCUT2D eigenvalue weighted by atomic mass is 9.82. The van der Waals surface area contributed by atoms with Crippen molar-refractivity contribution in [2.75, 3.05) is 0 Å². The molecule has 0 aromatic carbocycles. The van der Waals surface area contributed by atoms with E-state index < -0.39 is 5.54 Å². The third kappa shape index (κ3) is 5.06. The van der Waals surface area contributed by atoms with Gasteiger partial charge in [0.2, 0.25) is 0 Å². The molecule has 0 unspecified atom stereocenters. The van der Waals surface area contributed by atoms with Crippen LogP contribution in [0.5, 0.6) is 0 Å². The molecule has 1 aliphatic heterocycles. The summed E-state index contributed by atoms with van der Waals surface area (Å²) in [6.45, 7) is 8.30. The van der Waals surface area contributed by atoms with E-state index in [4.69, 9.17) is 0 Å². The summed E-state index contributed by atoms with van der Waals surface area (Å²) >= 11 is 0. The summed E-state index contributed by atoms with van der Waals surface area (Å²) in [6, 6.07) is -0.235. The molecule has 6 heteroatoms. The topological polar surface area (TPSA) is 62.8 Å². The van der Waals surface area contributed by atoms with E-state index in [1.165, 1.54) is 0 Å². The Balaban J connectivity index is 0. The fraction of sp³-hybridized carbons (Fsp3) is 0.818. The molecule has 1 aliphatic rings. The Bertz CT molecular complexity index is 271. The Hall–Kier alpha value is 0.0600. The molecular formula is C11H21Br2N2O2-. The number of amides is 3. The molecule has 1 heterocycles. The van der Waals surface area contributed by atoms with Crippen LogP contribution in [0.15, 0.2) is 0 Å². The van der Waals surface area contributed by atoms with Crippen LogP contribution in [0, 0.1) is 11.8 Å². The smallest absolute Gasteiger partial charge is 0.420 e. The number of carbonyl (C=O) groups is 2. The van der Waals surface area contributed by atoms with E-state index in [9.17, 15) is 9.59 Å². The number of nitrogens with one attached hydrogen (secondary N) is 1. The average Bonchev–Trinajstić information content (AvgIpc) is 2.22. The van der Waals surface area contributed by atoms with Crippen LogP contribution < -0.4 is 44.6 Å². The summed E-state index contributed by atoms with van der Waals surface area (Å²) in [5, 5.41) is 3.96. The van der Waals surface area contributed by atoms with Crippen LogP contribution in [0.25, 0.3) is 0 Å². The van der Waals surface area contributed by atoms with Gasteiger partial charge in [0.15, 0.2) is 5.54 Å². The molecule has 4 nitrogen and oxygen atoms in total. The molecule has 0 aromatic rings. The summed E-state index contributed by atoms with van der Waals surface area (Å²) in [5.41, 5.74) is -0.556. The number of halogens is 2. The maximum atomic E-state index is 11.8. The molecule has 0 aliphatic carbocycles. The van der Waals surface area contributed by atoms with Crippen LogP contribution in [0.4, 0.5) is 4.79 Å². The van der Waals surface area contributed by atoms with E-state index in [-0.39, 0.29) is 45.9 Å². The van der Waals surface area contributed by atoms with Crippen molar-refractivity contribution in [2.45, 2.75) is 46.1 Å². The first-order valence-corrected chi connectivity index (χ1v) is 5.57. The zero-order valence-electron chi connectivity index (χ0n) is 10.7. The Morgan fingerprint density at radius 2 is 1.47 bits per heavy atom. The predicted molar refractivity (Wildman–Crippen MR) is 57.1 cm³/mol. The van der Waals surface area contributed by atoms with Crippen LogP contribution in [0.2, 0.25) is 0 Å². The minimum absolute atomic E-state index is 0. The molecule has 0 radical (unpaired) electrons. The number of quaternary nitrogens is 1. The van der Waals surface area contributed by atoms with E-state index in [1.54, 1.807) is 5.32 Å². The molecule has 0 bridgehead atoms. The van der Waals surface area contributed by atoms with Gasteiger partial charge in [0.1, 0.15) is 0 Å². The lowest BCUT2D eigenvalue weighted by molar-refractivity contribution is -0.616. The molecule has 17 heavy (non-hydrogen) atoms. The summed E-state index contributed by atoms with van der Waals surface area (Å²) < 4.78 is 0. The Morgan fingerprint density at radius 3 is 1.71 bits per heavy atom. The first-order chi connectivity index (χ1) is 6.85. The SMILES string of the molecule is CC(C)CC1(CC(C)C)[NH2+]C(=O)NC1=O.[Br-].[Br-]. The third-order valence-corrected chi connectivity index (χ3v) is 2.64. The average molecular weight is 373 g/mol. The van der Waals surface area contributed by atoms with E-state index in [1.807, 2.05) is 0 Å². The second-order valence-electron chi connectivity index (χ2n) is 5.31. The van der Waals surface area contributed by atoms with Gasteiger partial charge in [0.25, 0.3) is 5.91 Å². The lowest BCUT2D eigenvalue weighted by Crippen LogP contribution is -3.00. The van der Waals surface area contributed by atoms with Gasteiger partial charge in [-0.1, -0.05) is 27.7 Å². The number of carbonyl (C=O) groups excluding carboxylic acids is 2. The van der Waals surface area contributed by atoms with Gasteiger partial charge in [0, 0.05) is 12.8 Å². The van der Waals surface area contributed by atoms with E-state index in [0.29, 0.717) is 11.8 Å². The van der Waals surface area contributed by atoms with Gasteiger partial charge in [-0.05, 0) is 11.8 Å². The predicted octanol–water partition coefficient (Wildman–Crippen LogP) is -5.36. The van der Waals surface area contributed by atoms with E-state index in [2.05, 4.69) is 33.0 Å². The van der Waals surface area contributed by atoms with Crippen LogP contribution in [-0.2, 0) is 4.79 Å². The van der Waals surface area contributed by atoms with Crippen molar-refractivity contribution in [1.82, 2.24) is 5.32 Å². The standard InChI is InChI=1S/C11H20N2O2.2BrH/c1-7(2)5-11(6-8(3)4)9(14)12-10(15)13-11;;/h7-8H,5-6H2,1-4H3,(H2,12,13,14,15);2*1H/p-1. The summed E-state index contributed by atoms with van der Waals surface area (Å²) in [5.74, 6) is 0.711. The zero-order chi connectivity index (χ0) is 11.6. The molecule has 0 spiro atoms. The number of urea groups is 1. The van der Waals surface area contributed by atoms with Gasteiger partial charge in [0.05, 0.1) is 0 Å². The molecule has 0 atom stereocenters. The number of imide groups is 1. The Kier molecular flexibility index (Phi) is 8.54. The summed E-state index contributed by atoms with van der Waals surface area (Å²) in [6.07, 6.45) is 1.51. The molecule has 102 valence electrons. The maximum absolute atomic E-state index is 11.8. The molecule has 3 amide bonds. The van der Waals surface area contributed by atoms with Crippen molar-refractivity contribution in [1.29, 1.82) is 0 Å². The quantitative estimate of drug-likeness (QED) is 0.484. The largest absolute Gasteiger partial charge is 1.00 e. The minimum atomic E-state index is -0.556. The van der Waals surface area contributed by atoms with Crippen molar-refractivity contribution >= 4 is 11.9 Å². The highest BCUT2D eigenvalue weighted by atomic mass is 79.9.